The van der Waals surface area contributed by atoms with Crippen molar-refractivity contribution in [2.24, 2.45) is 10.7 Å². The Morgan fingerprint density at radius 1 is 1.12 bits per heavy atom. The zero-order valence-electron chi connectivity index (χ0n) is 19.2. The summed E-state index contributed by atoms with van der Waals surface area (Å²) in [7, 11) is 1.31. The van der Waals surface area contributed by atoms with Crippen molar-refractivity contribution in [3.63, 3.8) is 0 Å². The van der Waals surface area contributed by atoms with Crippen LogP contribution in [0.2, 0.25) is 0 Å². The van der Waals surface area contributed by atoms with E-state index in [2.05, 4.69) is 4.99 Å². The Kier molecular flexibility index (Phi) is 7.16. The highest BCUT2D eigenvalue weighted by Crippen LogP contribution is 2.24. The quantitative estimate of drug-likeness (QED) is 0.544. The van der Waals surface area contributed by atoms with Gasteiger partial charge in [-0.15, -0.1) is 0 Å². The highest BCUT2D eigenvalue weighted by molar-refractivity contribution is 6.14. The molecule has 3 rings (SSSR count). The third-order valence-electron chi connectivity index (χ3n) is 4.93. The number of hydrogen-bond donors (Lipinski definition) is 1. The molecule has 0 saturated heterocycles. The molecule has 2 aromatic carbocycles. The molecule has 1 amide bonds. The Hall–Kier alpha value is -3.68. The number of halogens is 1. The summed E-state index contributed by atoms with van der Waals surface area (Å²) in [4.78, 5) is 30.5. The van der Waals surface area contributed by atoms with Gasteiger partial charge in [0, 0.05) is 16.8 Å². The topological polar surface area (TPSA) is 94.2 Å². The molecule has 0 spiro atoms. The number of nitrogens with two attached hydrogens (primary N) is 1. The first-order chi connectivity index (χ1) is 15.6. The molecular weight excluding hydrogens is 425 g/mol. The number of amides is 1. The van der Waals surface area contributed by atoms with Crippen molar-refractivity contribution >= 4 is 17.8 Å². The summed E-state index contributed by atoms with van der Waals surface area (Å²) in [5.41, 5.74) is 8.40. The van der Waals surface area contributed by atoms with Gasteiger partial charge in [0.15, 0.2) is 0 Å². The van der Waals surface area contributed by atoms with E-state index in [9.17, 15) is 14.0 Å². The molecule has 0 atom stereocenters. The fourth-order valence-electron chi connectivity index (χ4n) is 3.41. The van der Waals surface area contributed by atoms with Gasteiger partial charge in [-0.2, -0.15) is 0 Å². The molecule has 0 radical (unpaired) electrons. The molecular formula is C25H28FN3O4. The lowest BCUT2D eigenvalue weighted by Gasteiger charge is -2.24. The van der Waals surface area contributed by atoms with Crippen molar-refractivity contribution < 1.29 is 23.5 Å². The third-order valence-corrected chi connectivity index (χ3v) is 4.93. The van der Waals surface area contributed by atoms with E-state index >= 15 is 0 Å². The van der Waals surface area contributed by atoms with E-state index in [0.29, 0.717) is 22.5 Å². The number of esters is 1. The largest absolute Gasteiger partial charge is 0.465 e. The van der Waals surface area contributed by atoms with E-state index in [1.165, 1.54) is 18.1 Å². The van der Waals surface area contributed by atoms with Crippen LogP contribution in [0.15, 0.2) is 64.8 Å². The zero-order valence-corrected chi connectivity index (χ0v) is 19.2. The number of rotatable bonds is 5. The van der Waals surface area contributed by atoms with E-state index in [0.717, 1.165) is 5.56 Å². The molecule has 174 valence electrons. The number of aliphatic imine (C=N–C) groups is 1. The standard InChI is InChI=1S/C25H28FN3O4/c1-25(2,3)33-24(31)29-14-19(21(27)15-29)22(18-10-5-6-11-20(18)26)28-13-16-8-7-9-17(12-16)23(30)32-4/h5-12H,13-15,27H2,1-4H3. The maximum absolute atomic E-state index is 14.7. The second kappa shape index (κ2) is 9.85. The number of ether oxygens (including phenoxy) is 2. The van der Waals surface area contributed by atoms with Crippen LogP contribution in [0.3, 0.4) is 0 Å². The number of nitrogens with zero attached hydrogens (tertiary/aromatic N) is 2. The molecule has 0 bridgehead atoms. The van der Waals surface area contributed by atoms with Gasteiger partial charge in [-0.25, -0.2) is 14.0 Å². The second-order valence-electron chi connectivity index (χ2n) is 8.68. The maximum Gasteiger partial charge on any atom is 0.410 e. The Morgan fingerprint density at radius 3 is 2.52 bits per heavy atom. The van der Waals surface area contributed by atoms with Gasteiger partial charge in [0.1, 0.15) is 11.4 Å². The van der Waals surface area contributed by atoms with Crippen LogP contribution in [0.25, 0.3) is 0 Å². The molecule has 1 aliphatic rings. The molecule has 8 heteroatoms. The van der Waals surface area contributed by atoms with E-state index in [4.69, 9.17) is 15.2 Å². The van der Waals surface area contributed by atoms with Crippen molar-refractivity contribution in [2.45, 2.75) is 32.9 Å². The SMILES string of the molecule is COC(=O)c1cccc(CN=C(C2=C(N)CN(C(=O)OC(C)(C)C)C2)c2ccccc2F)c1. The minimum atomic E-state index is -0.651. The van der Waals surface area contributed by atoms with Crippen molar-refractivity contribution in [2.75, 3.05) is 20.2 Å². The molecule has 0 aromatic heterocycles. The van der Waals surface area contributed by atoms with Gasteiger partial charge < -0.3 is 15.2 Å². The van der Waals surface area contributed by atoms with Gasteiger partial charge in [-0.05, 0) is 50.6 Å². The van der Waals surface area contributed by atoms with Crippen molar-refractivity contribution in [3.8, 4) is 0 Å². The van der Waals surface area contributed by atoms with E-state index in [1.54, 1.807) is 57.2 Å². The van der Waals surface area contributed by atoms with E-state index in [-0.39, 0.29) is 25.2 Å². The first kappa shape index (κ1) is 24.0. The zero-order chi connectivity index (χ0) is 24.2. The summed E-state index contributed by atoms with van der Waals surface area (Å²) in [5, 5.41) is 0. The van der Waals surface area contributed by atoms with Gasteiger partial charge in [0.25, 0.3) is 0 Å². The van der Waals surface area contributed by atoms with Gasteiger partial charge >= 0.3 is 12.1 Å². The fourth-order valence-corrected chi connectivity index (χ4v) is 3.41. The number of carbonyl (C=O) groups is 2. The lowest BCUT2D eigenvalue weighted by Crippen LogP contribution is -2.36. The van der Waals surface area contributed by atoms with Crippen LogP contribution in [-0.2, 0) is 16.0 Å². The average Bonchev–Trinajstić information content (AvgIpc) is 3.15. The summed E-state index contributed by atoms with van der Waals surface area (Å²) >= 11 is 0. The summed E-state index contributed by atoms with van der Waals surface area (Å²) in [6.07, 6.45) is -0.501. The van der Waals surface area contributed by atoms with Crippen LogP contribution >= 0.6 is 0 Å². The van der Waals surface area contributed by atoms with Crippen molar-refractivity contribution in [3.05, 3.63) is 82.3 Å². The highest BCUT2D eigenvalue weighted by atomic mass is 19.1. The second-order valence-corrected chi connectivity index (χ2v) is 8.68. The summed E-state index contributed by atoms with van der Waals surface area (Å²) in [5.74, 6) is -0.901. The molecule has 2 aromatic rings. The van der Waals surface area contributed by atoms with Crippen LogP contribution in [0.5, 0.6) is 0 Å². The van der Waals surface area contributed by atoms with E-state index < -0.39 is 23.5 Å². The fraction of sp³-hybridized carbons (Fsp3) is 0.320. The molecule has 2 N–H and O–H groups in total. The van der Waals surface area contributed by atoms with Crippen molar-refractivity contribution in [1.29, 1.82) is 0 Å². The minimum absolute atomic E-state index is 0.149. The molecule has 0 fully saturated rings. The lowest BCUT2D eigenvalue weighted by atomic mass is 10.0. The van der Waals surface area contributed by atoms with Gasteiger partial charge in [-0.3, -0.25) is 9.89 Å². The highest BCUT2D eigenvalue weighted by Gasteiger charge is 2.31. The molecule has 0 aliphatic carbocycles. The summed E-state index contributed by atoms with van der Waals surface area (Å²) in [6, 6.07) is 13.1. The van der Waals surface area contributed by atoms with Crippen LogP contribution in [0.1, 0.15) is 42.3 Å². The summed E-state index contributed by atoms with van der Waals surface area (Å²) < 4.78 is 24.9. The van der Waals surface area contributed by atoms with Crippen LogP contribution in [0, 0.1) is 5.82 Å². The van der Waals surface area contributed by atoms with Crippen LogP contribution in [0.4, 0.5) is 9.18 Å². The summed E-state index contributed by atoms with van der Waals surface area (Å²) in [6.45, 7) is 5.84. The molecule has 0 unspecified atom stereocenters. The van der Waals surface area contributed by atoms with Crippen LogP contribution < -0.4 is 5.73 Å². The maximum atomic E-state index is 14.7. The monoisotopic (exact) mass is 453 g/mol. The lowest BCUT2D eigenvalue weighted by molar-refractivity contribution is 0.0300. The Bertz CT molecular complexity index is 1120. The Balaban J connectivity index is 1.93. The number of carbonyl (C=O) groups excluding carboxylic acids is 2. The Morgan fingerprint density at radius 2 is 1.85 bits per heavy atom. The predicted molar refractivity (Wildman–Crippen MR) is 123 cm³/mol. The predicted octanol–water partition coefficient (Wildman–Crippen LogP) is 4.07. The molecule has 33 heavy (non-hydrogen) atoms. The molecule has 7 nitrogen and oxygen atoms in total. The van der Waals surface area contributed by atoms with Gasteiger partial charge in [0.2, 0.25) is 0 Å². The van der Waals surface area contributed by atoms with Gasteiger partial charge in [-0.1, -0.05) is 24.3 Å². The first-order valence-electron chi connectivity index (χ1n) is 10.5. The van der Waals surface area contributed by atoms with Crippen molar-refractivity contribution in [1.82, 2.24) is 4.90 Å². The van der Waals surface area contributed by atoms with Crippen LogP contribution in [-0.4, -0.2) is 48.5 Å². The number of benzene rings is 2. The number of methoxy groups -OCH3 is 1. The molecule has 1 heterocycles. The first-order valence-corrected chi connectivity index (χ1v) is 10.5. The molecule has 0 saturated carbocycles. The smallest absolute Gasteiger partial charge is 0.410 e. The minimum Gasteiger partial charge on any atom is -0.465 e. The Labute approximate surface area is 192 Å². The number of hydrogen-bond acceptors (Lipinski definition) is 6. The van der Waals surface area contributed by atoms with E-state index in [1.807, 2.05) is 6.07 Å². The normalized spacial score (nSPS) is 14.5. The third kappa shape index (κ3) is 5.97. The molecule has 1 aliphatic heterocycles. The van der Waals surface area contributed by atoms with Gasteiger partial charge in [0.05, 0.1) is 38.0 Å². The average molecular weight is 454 g/mol.